The third-order valence-electron chi connectivity index (χ3n) is 4.12. The monoisotopic (exact) mass is 456 g/mol. The number of carbonyl (C=O) groups is 1. The van der Waals surface area contributed by atoms with Gasteiger partial charge < -0.3 is 4.74 Å². The first kappa shape index (κ1) is 23.4. The van der Waals surface area contributed by atoms with Gasteiger partial charge in [-0.2, -0.15) is 42.0 Å². The van der Waals surface area contributed by atoms with Crippen LogP contribution >= 0.6 is 11.6 Å². The van der Waals surface area contributed by atoms with E-state index in [0.29, 0.717) is 22.9 Å². The van der Waals surface area contributed by atoms with Gasteiger partial charge in [0.25, 0.3) is 0 Å². The number of hydrogen-bond donors (Lipinski definition) is 0. The van der Waals surface area contributed by atoms with Crippen LogP contribution in [-0.4, -0.2) is 5.78 Å². The minimum atomic E-state index is -0.137. The van der Waals surface area contributed by atoms with E-state index in [-0.39, 0.29) is 22.9 Å². The molecule has 0 aliphatic rings. The molecule has 0 amide bonds. The summed E-state index contributed by atoms with van der Waals surface area (Å²) in [7, 11) is 0. The van der Waals surface area contributed by atoms with E-state index in [9.17, 15) is 4.79 Å². The summed E-state index contributed by atoms with van der Waals surface area (Å²) >= 11 is 6.05. The van der Waals surface area contributed by atoms with Crippen LogP contribution in [0.4, 0.5) is 0 Å². The van der Waals surface area contributed by atoms with Gasteiger partial charge in [-0.15, -0.1) is 12.1 Å². The Balaban J connectivity index is 0.000000468. The molecule has 4 aromatic rings. The summed E-state index contributed by atoms with van der Waals surface area (Å²) < 4.78 is 5.82. The zero-order valence-electron chi connectivity index (χ0n) is 16.2. The Hall–Kier alpha value is -2.84. The molecule has 2 nitrogen and oxygen atoms in total. The number of ether oxygens (including phenoxy) is 1. The summed E-state index contributed by atoms with van der Waals surface area (Å²) in [6.07, 6.45) is 3.32. The van der Waals surface area contributed by atoms with Crippen molar-refractivity contribution in [2.45, 2.75) is 6.61 Å². The second-order valence-electron chi connectivity index (χ2n) is 6.29. The fourth-order valence-electron chi connectivity index (χ4n) is 2.64. The number of ketones is 1. The molecule has 0 unspecified atom stereocenters. The fraction of sp³-hybridized carbons (Fsp3) is 0.0385. The summed E-state index contributed by atoms with van der Waals surface area (Å²) in [6.45, 7) is 0.398. The summed E-state index contributed by atoms with van der Waals surface area (Å²) in [5.74, 6) is 0.391. The van der Waals surface area contributed by atoms with Crippen LogP contribution in [0.1, 0.15) is 21.5 Å². The van der Waals surface area contributed by atoms with Crippen LogP contribution in [0.25, 0.3) is 6.08 Å². The van der Waals surface area contributed by atoms with Gasteiger partial charge >= 0.3 is 17.1 Å². The summed E-state index contributed by atoms with van der Waals surface area (Å²) in [6, 6.07) is 32.6. The smallest absolute Gasteiger partial charge is 0.488 e. The molecule has 0 aromatic heterocycles. The van der Waals surface area contributed by atoms with Crippen molar-refractivity contribution in [3.8, 4) is 5.75 Å². The van der Waals surface area contributed by atoms with E-state index in [1.54, 1.807) is 24.3 Å². The molecule has 0 saturated heterocycles. The van der Waals surface area contributed by atoms with Gasteiger partial charge in [0.05, 0.1) is 5.56 Å². The average Bonchev–Trinajstić information content (AvgIpc) is 3.48. The van der Waals surface area contributed by atoms with Crippen molar-refractivity contribution in [2.24, 2.45) is 0 Å². The molecule has 0 saturated carbocycles. The molecule has 0 fully saturated rings. The maximum Gasteiger partial charge on any atom is 2.00 e. The summed E-state index contributed by atoms with van der Waals surface area (Å²) in [4.78, 5) is 12.5. The molecular weight excluding hydrogens is 436 g/mol. The van der Waals surface area contributed by atoms with Crippen LogP contribution < -0.4 is 4.74 Å². The molecule has 30 heavy (non-hydrogen) atoms. The molecule has 0 spiro atoms. The van der Waals surface area contributed by atoms with Crippen molar-refractivity contribution in [1.82, 2.24) is 0 Å². The molecule has 152 valence electrons. The van der Waals surface area contributed by atoms with Crippen molar-refractivity contribution in [2.75, 3.05) is 0 Å². The van der Waals surface area contributed by atoms with Crippen LogP contribution in [0, 0.1) is 0 Å². The van der Waals surface area contributed by atoms with Crippen molar-refractivity contribution < 1.29 is 26.6 Å². The van der Waals surface area contributed by atoms with E-state index >= 15 is 0 Å². The zero-order chi connectivity index (χ0) is 20.3. The molecule has 0 radical (unpaired) electrons. The number of rotatable bonds is 6. The Morgan fingerprint density at radius 2 is 1.70 bits per heavy atom. The molecule has 0 bridgehead atoms. The topological polar surface area (TPSA) is 26.3 Å². The second kappa shape index (κ2) is 12.7. The Morgan fingerprint density at radius 3 is 2.33 bits per heavy atom. The van der Waals surface area contributed by atoms with E-state index in [1.165, 1.54) is 6.08 Å². The third-order valence-corrected chi connectivity index (χ3v) is 4.35. The molecule has 0 aliphatic heterocycles. The molecule has 4 rings (SSSR count). The summed E-state index contributed by atoms with van der Waals surface area (Å²) in [5, 5.41) is 0.507. The van der Waals surface area contributed by atoms with Gasteiger partial charge in [0, 0.05) is 5.02 Å². The Morgan fingerprint density at radius 1 is 0.933 bits per heavy atom. The summed E-state index contributed by atoms with van der Waals surface area (Å²) in [5.41, 5.74) is 2.48. The van der Waals surface area contributed by atoms with Crippen LogP contribution in [0.15, 0.2) is 109 Å². The van der Waals surface area contributed by atoms with Crippen LogP contribution in [-0.2, 0) is 23.7 Å². The van der Waals surface area contributed by atoms with E-state index in [2.05, 4.69) is 0 Å². The van der Waals surface area contributed by atoms with E-state index in [0.717, 1.165) is 11.1 Å². The van der Waals surface area contributed by atoms with E-state index in [4.69, 9.17) is 16.3 Å². The molecule has 0 heterocycles. The van der Waals surface area contributed by atoms with Crippen molar-refractivity contribution in [3.63, 3.8) is 0 Å². The number of hydrogen-bond acceptors (Lipinski definition) is 2. The number of allylic oxidation sites excluding steroid dienone is 1. The maximum atomic E-state index is 12.5. The molecule has 4 heteroatoms. The van der Waals surface area contributed by atoms with Crippen LogP contribution in [0.2, 0.25) is 5.02 Å². The largest absolute Gasteiger partial charge is 2.00 e. The standard InChI is InChI=1S/C21H16ClO2.C5H5.Fe/c22-18-11-13-21(24-15-17-8-2-1-3-9-17)19(14-18)20(23)12-10-16-6-4-5-7-16;1-2-4-5-3-1;/h1-14H,15H2;1-5H;/q2*-1;+2/b12-10+;;. The quantitative estimate of drug-likeness (QED) is 0.136. The van der Waals surface area contributed by atoms with Gasteiger partial charge in [0.2, 0.25) is 0 Å². The van der Waals surface area contributed by atoms with Gasteiger partial charge in [-0.05, 0) is 23.8 Å². The second-order valence-corrected chi connectivity index (χ2v) is 6.73. The molecule has 0 aliphatic carbocycles. The fourth-order valence-corrected chi connectivity index (χ4v) is 2.81. The van der Waals surface area contributed by atoms with Crippen LogP contribution in [0.3, 0.4) is 0 Å². The van der Waals surface area contributed by atoms with Gasteiger partial charge in [-0.1, -0.05) is 48.0 Å². The SMILES string of the molecule is O=C(/C=C/c1ccc[cH-]1)c1cc(Cl)ccc1OCc1ccccc1.[Fe+2].c1cc[cH-]c1. The third kappa shape index (κ3) is 7.53. The maximum absolute atomic E-state index is 12.5. The Kier molecular flexibility index (Phi) is 9.89. The van der Waals surface area contributed by atoms with Gasteiger partial charge in [-0.25, -0.2) is 12.1 Å². The van der Waals surface area contributed by atoms with Crippen molar-refractivity contribution in [3.05, 3.63) is 131 Å². The zero-order valence-corrected chi connectivity index (χ0v) is 18.1. The Bertz CT molecular complexity index is 1000. The van der Waals surface area contributed by atoms with Crippen molar-refractivity contribution in [1.29, 1.82) is 0 Å². The Labute approximate surface area is 193 Å². The first-order chi connectivity index (χ1) is 14.2. The minimum absolute atomic E-state index is 0. The number of benzene rings is 2. The van der Waals surface area contributed by atoms with Crippen LogP contribution in [0.5, 0.6) is 5.75 Å². The molecular formula is C26H21ClFeO2. The minimum Gasteiger partial charge on any atom is -0.488 e. The van der Waals surface area contributed by atoms with Gasteiger partial charge in [-0.3, -0.25) is 4.79 Å². The molecule has 4 aromatic carbocycles. The number of halogens is 1. The predicted octanol–water partition coefficient (Wildman–Crippen LogP) is 6.94. The van der Waals surface area contributed by atoms with E-state index < -0.39 is 0 Å². The average molecular weight is 457 g/mol. The first-order valence-electron chi connectivity index (χ1n) is 9.29. The van der Waals surface area contributed by atoms with Gasteiger partial charge in [0.1, 0.15) is 12.4 Å². The van der Waals surface area contributed by atoms with E-state index in [1.807, 2.05) is 84.9 Å². The number of carbonyl (C=O) groups excluding carboxylic acids is 1. The predicted molar refractivity (Wildman–Crippen MR) is 120 cm³/mol. The normalized spacial score (nSPS) is 10.0. The molecule has 0 atom stereocenters. The molecule has 0 N–H and O–H groups in total. The van der Waals surface area contributed by atoms with Gasteiger partial charge in [0.15, 0.2) is 5.78 Å². The van der Waals surface area contributed by atoms with Crippen molar-refractivity contribution >= 4 is 23.5 Å². The first-order valence-corrected chi connectivity index (χ1v) is 9.67.